The number of nitrogens with two attached hydrogens (primary N) is 1. The van der Waals surface area contributed by atoms with Crippen LogP contribution in [0.3, 0.4) is 0 Å². The standard InChI is InChI=1S/C20H33N3O.2ClH/c1-15(2)12-19(21)20(24)22(4)18-10-11-23(16(3)13-18)14-17-8-6-5-7-9-17;;/h5-9,15-16,18-19H,10-14,21H2,1-4H3;2*1H/t16?,18?,19-;;/m0../s1. The summed E-state index contributed by atoms with van der Waals surface area (Å²) in [7, 11) is 1.92. The van der Waals surface area contributed by atoms with Crippen LogP contribution in [0, 0.1) is 5.92 Å². The molecule has 2 rings (SSSR count). The second-order valence-electron chi connectivity index (χ2n) is 7.67. The van der Waals surface area contributed by atoms with Gasteiger partial charge in [0, 0.05) is 32.2 Å². The highest BCUT2D eigenvalue weighted by molar-refractivity contribution is 5.85. The second kappa shape index (κ2) is 11.8. The Labute approximate surface area is 171 Å². The van der Waals surface area contributed by atoms with Gasteiger partial charge in [-0.05, 0) is 37.7 Å². The number of piperidine rings is 1. The van der Waals surface area contributed by atoms with Gasteiger partial charge in [-0.25, -0.2) is 0 Å². The average Bonchev–Trinajstić information content (AvgIpc) is 2.55. The van der Waals surface area contributed by atoms with E-state index >= 15 is 0 Å². The molecule has 0 saturated carbocycles. The van der Waals surface area contributed by atoms with E-state index in [9.17, 15) is 4.79 Å². The molecule has 1 fully saturated rings. The Bertz CT molecular complexity index is 527. The predicted octanol–water partition coefficient (Wildman–Crippen LogP) is 3.71. The Hall–Kier alpha value is -0.810. The van der Waals surface area contributed by atoms with Crippen LogP contribution in [-0.4, -0.2) is 47.4 Å². The van der Waals surface area contributed by atoms with Crippen molar-refractivity contribution in [3.8, 4) is 0 Å². The lowest BCUT2D eigenvalue weighted by atomic mass is 9.95. The summed E-state index contributed by atoms with van der Waals surface area (Å²) in [6.45, 7) is 8.49. The molecule has 26 heavy (non-hydrogen) atoms. The quantitative estimate of drug-likeness (QED) is 0.786. The minimum Gasteiger partial charge on any atom is -0.341 e. The molecule has 1 aromatic carbocycles. The zero-order valence-electron chi connectivity index (χ0n) is 16.4. The Morgan fingerprint density at radius 3 is 2.42 bits per heavy atom. The van der Waals surface area contributed by atoms with Gasteiger partial charge in [-0.3, -0.25) is 9.69 Å². The predicted molar refractivity (Wildman–Crippen MR) is 114 cm³/mol. The van der Waals surface area contributed by atoms with Gasteiger partial charge in [-0.2, -0.15) is 0 Å². The number of amides is 1. The van der Waals surface area contributed by atoms with Gasteiger partial charge in [-0.1, -0.05) is 44.2 Å². The van der Waals surface area contributed by atoms with Gasteiger partial charge in [-0.15, -0.1) is 24.8 Å². The van der Waals surface area contributed by atoms with Crippen molar-refractivity contribution in [2.75, 3.05) is 13.6 Å². The van der Waals surface area contributed by atoms with E-state index in [0.717, 1.165) is 32.4 Å². The summed E-state index contributed by atoms with van der Waals surface area (Å²) in [4.78, 5) is 17.0. The van der Waals surface area contributed by atoms with Crippen molar-refractivity contribution in [1.29, 1.82) is 0 Å². The second-order valence-corrected chi connectivity index (χ2v) is 7.67. The van der Waals surface area contributed by atoms with E-state index in [1.807, 2.05) is 11.9 Å². The molecule has 0 aromatic heterocycles. The molecule has 4 nitrogen and oxygen atoms in total. The van der Waals surface area contributed by atoms with Gasteiger partial charge in [0.25, 0.3) is 0 Å². The lowest BCUT2D eigenvalue weighted by Crippen LogP contribution is -2.52. The largest absolute Gasteiger partial charge is 0.341 e. The van der Waals surface area contributed by atoms with Crippen LogP contribution in [0.15, 0.2) is 30.3 Å². The molecule has 1 aromatic rings. The minimum atomic E-state index is -0.368. The summed E-state index contributed by atoms with van der Waals surface area (Å²) >= 11 is 0. The first-order valence-corrected chi connectivity index (χ1v) is 9.18. The first kappa shape index (κ1) is 25.2. The summed E-state index contributed by atoms with van der Waals surface area (Å²) < 4.78 is 0. The molecule has 6 heteroatoms. The lowest BCUT2D eigenvalue weighted by molar-refractivity contribution is -0.135. The molecule has 1 saturated heterocycles. The van der Waals surface area contributed by atoms with E-state index in [1.54, 1.807) is 0 Å². The molecule has 1 aliphatic heterocycles. The lowest BCUT2D eigenvalue weighted by Gasteiger charge is -2.41. The normalized spacial score (nSPS) is 21.5. The van der Waals surface area contributed by atoms with Crippen molar-refractivity contribution >= 4 is 30.7 Å². The van der Waals surface area contributed by atoms with Crippen molar-refractivity contribution in [1.82, 2.24) is 9.80 Å². The van der Waals surface area contributed by atoms with Crippen molar-refractivity contribution in [3.63, 3.8) is 0 Å². The van der Waals surface area contributed by atoms with Crippen LogP contribution >= 0.6 is 24.8 Å². The summed E-state index contributed by atoms with van der Waals surface area (Å²) in [5.74, 6) is 0.543. The number of likely N-dealkylation sites (tertiary alicyclic amines) is 1. The molecule has 2 unspecified atom stereocenters. The van der Waals surface area contributed by atoms with E-state index in [4.69, 9.17) is 5.73 Å². The third kappa shape index (κ3) is 7.07. The number of benzene rings is 1. The first-order valence-electron chi connectivity index (χ1n) is 9.18. The van der Waals surface area contributed by atoms with Gasteiger partial charge in [0.2, 0.25) is 5.91 Å². The van der Waals surface area contributed by atoms with Gasteiger partial charge < -0.3 is 10.6 Å². The maximum absolute atomic E-state index is 12.5. The molecule has 0 radical (unpaired) electrons. The molecular formula is C20H35Cl2N3O. The van der Waals surface area contributed by atoms with Crippen LogP contribution in [0.2, 0.25) is 0 Å². The Balaban J connectivity index is 0.00000312. The molecular weight excluding hydrogens is 369 g/mol. The highest BCUT2D eigenvalue weighted by atomic mass is 35.5. The first-order chi connectivity index (χ1) is 11.4. The summed E-state index contributed by atoms with van der Waals surface area (Å²) in [6.07, 6.45) is 2.79. The summed E-state index contributed by atoms with van der Waals surface area (Å²) in [5, 5.41) is 0. The van der Waals surface area contributed by atoms with Crippen LogP contribution in [0.5, 0.6) is 0 Å². The van der Waals surface area contributed by atoms with Crippen LogP contribution in [0.4, 0.5) is 0 Å². The number of likely N-dealkylation sites (N-methyl/N-ethyl adjacent to an activating group) is 1. The van der Waals surface area contributed by atoms with Gasteiger partial charge in [0.1, 0.15) is 0 Å². The van der Waals surface area contributed by atoms with Crippen molar-refractivity contribution in [3.05, 3.63) is 35.9 Å². The Morgan fingerprint density at radius 1 is 1.27 bits per heavy atom. The van der Waals surface area contributed by atoms with Crippen molar-refractivity contribution < 1.29 is 4.79 Å². The topological polar surface area (TPSA) is 49.6 Å². The molecule has 3 atom stereocenters. The zero-order chi connectivity index (χ0) is 17.7. The molecule has 0 spiro atoms. The zero-order valence-corrected chi connectivity index (χ0v) is 18.1. The average molecular weight is 404 g/mol. The maximum Gasteiger partial charge on any atom is 0.239 e. The number of hydrogen-bond donors (Lipinski definition) is 1. The van der Waals surface area contributed by atoms with Crippen LogP contribution < -0.4 is 5.73 Å². The summed E-state index contributed by atoms with van der Waals surface area (Å²) in [6, 6.07) is 11.0. The monoisotopic (exact) mass is 403 g/mol. The third-order valence-electron chi connectivity index (χ3n) is 5.15. The molecule has 1 heterocycles. The SMILES string of the molecule is CC(C)C[C@H](N)C(=O)N(C)C1CCN(Cc2ccccc2)C(C)C1.Cl.Cl. The summed E-state index contributed by atoms with van der Waals surface area (Å²) in [5.41, 5.74) is 7.44. The minimum absolute atomic E-state index is 0. The highest BCUT2D eigenvalue weighted by Gasteiger charge is 2.31. The Morgan fingerprint density at radius 2 is 1.88 bits per heavy atom. The van der Waals surface area contributed by atoms with Crippen LogP contribution in [-0.2, 0) is 11.3 Å². The molecule has 0 bridgehead atoms. The number of rotatable bonds is 6. The Kier molecular flexibility index (Phi) is 11.4. The van der Waals surface area contributed by atoms with E-state index in [0.29, 0.717) is 18.0 Å². The van der Waals surface area contributed by atoms with Crippen molar-refractivity contribution in [2.45, 2.75) is 64.7 Å². The molecule has 150 valence electrons. The van der Waals surface area contributed by atoms with Gasteiger partial charge in [0.15, 0.2) is 0 Å². The van der Waals surface area contributed by atoms with E-state index < -0.39 is 0 Å². The van der Waals surface area contributed by atoms with Crippen LogP contribution in [0.25, 0.3) is 0 Å². The van der Waals surface area contributed by atoms with Gasteiger partial charge in [0.05, 0.1) is 6.04 Å². The molecule has 2 N–H and O–H groups in total. The third-order valence-corrected chi connectivity index (χ3v) is 5.15. The smallest absolute Gasteiger partial charge is 0.239 e. The number of nitrogens with zero attached hydrogens (tertiary/aromatic N) is 2. The number of halogens is 2. The van der Waals surface area contributed by atoms with Crippen molar-refractivity contribution in [2.24, 2.45) is 11.7 Å². The van der Waals surface area contributed by atoms with E-state index in [1.165, 1.54) is 5.56 Å². The molecule has 1 aliphatic rings. The molecule has 0 aliphatic carbocycles. The molecule has 1 amide bonds. The fourth-order valence-electron chi connectivity index (χ4n) is 3.65. The highest BCUT2D eigenvalue weighted by Crippen LogP contribution is 2.23. The van der Waals surface area contributed by atoms with Crippen LogP contribution in [0.1, 0.15) is 45.6 Å². The fourth-order valence-corrected chi connectivity index (χ4v) is 3.65. The number of carbonyl (C=O) groups excluding carboxylic acids is 1. The number of carbonyl (C=O) groups is 1. The van der Waals surface area contributed by atoms with E-state index in [2.05, 4.69) is 56.0 Å². The number of hydrogen-bond acceptors (Lipinski definition) is 3. The van der Waals surface area contributed by atoms with Gasteiger partial charge >= 0.3 is 0 Å². The fraction of sp³-hybridized carbons (Fsp3) is 0.650. The van der Waals surface area contributed by atoms with E-state index in [-0.39, 0.29) is 36.8 Å². The maximum atomic E-state index is 12.5.